The molecule has 1 unspecified atom stereocenters. The van der Waals surface area contributed by atoms with Crippen LogP contribution in [0, 0.1) is 0 Å². The highest BCUT2D eigenvalue weighted by atomic mass is 32.2. The van der Waals surface area contributed by atoms with E-state index >= 15 is 0 Å². The maximum Gasteiger partial charge on any atom is 0.117 e. The molecule has 0 saturated carbocycles. The van der Waals surface area contributed by atoms with Crippen molar-refractivity contribution >= 4 is 10.8 Å². The zero-order chi connectivity index (χ0) is 11.1. The summed E-state index contributed by atoms with van der Waals surface area (Å²) in [5.41, 5.74) is 0. The van der Waals surface area contributed by atoms with Crippen LogP contribution in [0.2, 0.25) is 0 Å². The molecule has 1 rings (SSSR count). The Labute approximate surface area is 93.7 Å². The molecule has 0 aromatic carbocycles. The van der Waals surface area contributed by atoms with E-state index in [1.165, 1.54) is 0 Å². The first-order valence-corrected chi connectivity index (χ1v) is 7.03. The molecule has 0 aliphatic heterocycles. The fourth-order valence-corrected chi connectivity index (χ4v) is 1.87. The molecule has 86 valence electrons. The van der Waals surface area contributed by atoms with Crippen molar-refractivity contribution < 1.29 is 8.63 Å². The molecule has 1 aromatic heterocycles. The van der Waals surface area contributed by atoms with E-state index in [4.69, 9.17) is 4.42 Å². The van der Waals surface area contributed by atoms with E-state index in [9.17, 15) is 4.21 Å². The Hall–Kier alpha value is -0.610. The minimum atomic E-state index is -0.674. The van der Waals surface area contributed by atoms with Gasteiger partial charge in [0.25, 0.3) is 0 Å². The molecule has 0 bridgehead atoms. The highest BCUT2D eigenvalue weighted by Gasteiger charge is 1.99. The summed E-state index contributed by atoms with van der Waals surface area (Å²) in [6.45, 7) is 3.73. The van der Waals surface area contributed by atoms with Crippen molar-refractivity contribution in [1.29, 1.82) is 0 Å². The first-order chi connectivity index (χ1) is 7.22. The number of furan rings is 1. The van der Waals surface area contributed by atoms with Crippen molar-refractivity contribution in [2.24, 2.45) is 0 Å². The molecule has 4 heteroatoms. The van der Waals surface area contributed by atoms with Gasteiger partial charge in [0, 0.05) is 29.2 Å². The van der Waals surface area contributed by atoms with Crippen LogP contribution in [0.25, 0.3) is 0 Å². The summed E-state index contributed by atoms with van der Waals surface area (Å²) in [7, 11) is -0.674. The predicted molar refractivity (Wildman–Crippen MR) is 63.3 cm³/mol. The molecule has 0 spiro atoms. The minimum absolute atomic E-state index is 0.674. The molecule has 1 atom stereocenters. The van der Waals surface area contributed by atoms with E-state index in [-0.39, 0.29) is 0 Å². The third kappa shape index (κ3) is 5.14. The quantitative estimate of drug-likeness (QED) is 0.724. The van der Waals surface area contributed by atoms with Gasteiger partial charge in [-0.15, -0.1) is 0 Å². The van der Waals surface area contributed by atoms with Crippen LogP contribution in [0.5, 0.6) is 0 Å². The lowest BCUT2D eigenvalue weighted by Crippen LogP contribution is -2.16. The van der Waals surface area contributed by atoms with E-state index in [0.717, 1.165) is 43.2 Å². The smallest absolute Gasteiger partial charge is 0.117 e. The van der Waals surface area contributed by atoms with Gasteiger partial charge in [-0.1, -0.05) is 6.92 Å². The summed E-state index contributed by atoms with van der Waals surface area (Å²) < 4.78 is 16.3. The van der Waals surface area contributed by atoms with E-state index < -0.39 is 10.8 Å². The minimum Gasteiger partial charge on any atom is -0.465 e. The standard InChI is InChI=1S/C11H19NO2S/c1-3-10-5-6-11(14-10)9-12-7-4-8-15(2)13/h5-6,12H,3-4,7-9H2,1-2H3. The van der Waals surface area contributed by atoms with Crippen LogP contribution in [-0.4, -0.2) is 22.8 Å². The van der Waals surface area contributed by atoms with Gasteiger partial charge < -0.3 is 9.73 Å². The van der Waals surface area contributed by atoms with Crippen LogP contribution in [-0.2, 0) is 23.8 Å². The SMILES string of the molecule is CCc1ccc(CNCCCS(C)=O)o1. The lowest BCUT2D eigenvalue weighted by molar-refractivity contribution is 0.451. The second kappa shape index (κ2) is 6.80. The van der Waals surface area contributed by atoms with Crippen LogP contribution < -0.4 is 5.32 Å². The molecule has 0 fully saturated rings. The van der Waals surface area contributed by atoms with Gasteiger partial charge in [-0.25, -0.2) is 0 Å². The van der Waals surface area contributed by atoms with E-state index in [1.807, 2.05) is 12.1 Å². The Morgan fingerprint density at radius 1 is 1.40 bits per heavy atom. The van der Waals surface area contributed by atoms with Gasteiger partial charge in [0.05, 0.1) is 6.54 Å². The predicted octanol–water partition coefficient (Wildman–Crippen LogP) is 1.70. The Kier molecular flexibility index (Phi) is 5.65. The van der Waals surface area contributed by atoms with Gasteiger partial charge in [0.1, 0.15) is 11.5 Å². The first-order valence-electron chi connectivity index (χ1n) is 5.30. The Balaban J connectivity index is 2.12. The normalized spacial score (nSPS) is 12.9. The second-order valence-corrected chi connectivity index (χ2v) is 5.08. The van der Waals surface area contributed by atoms with E-state index in [2.05, 4.69) is 12.2 Å². The van der Waals surface area contributed by atoms with E-state index in [1.54, 1.807) is 6.26 Å². The van der Waals surface area contributed by atoms with Crippen molar-refractivity contribution in [1.82, 2.24) is 5.32 Å². The van der Waals surface area contributed by atoms with Gasteiger partial charge in [-0.2, -0.15) is 0 Å². The average Bonchev–Trinajstić information content (AvgIpc) is 2.65. The average molecular weight is 229 g/mol. The van der Waals surface area contributed by atoms with Crippen LogP contribution in [0.1, 0.15) is 24.9 Å². The molecule has 0 saturated heterocycles. The van der Waals surface area contributed by atoms with Gasteiger partial charge in [-0.3, -0.25) is 4.21 Å². The fourth-order valence-electron chi connectivity index (χ4n) is 1.32. The van der Waals surface area contributed by atoms with E-state index in [0.29, 0.717) is 0 Å². The summed E-state index contributed by atoms with van der Waals surface area (Å²) in [5.74, 6) is 2.77. The van der Waals surface area contributed by atoms with Crippen molar-refractivity contribution in [3.63, 3.8) is 0 Å². The summed E-state index contributed by atoms with van der Waals surface area (Å²) in [4.78, 5) is 0. The summed E-state index contributed by atoms with van der Waals surface area (Å²) in [6, 6.07) is 4.02. The maximum atomic E-state index is 10.8. The Bertz CT molecular complexity index is 309. The van der Waals surface area contributed by atoms with Gasteiger partial charge >= 0.3 is 0 Å². The molecule has 0 aliphatic rings. The highest BCUT2D eigenvalue weighted by molar-refractivity contribution is 7.84. The fraction of sp³-hybridized carbons (Fsp3) is 0.636. The molecule has 0 aliphatic carbocycles. The number of aryl methyl sites for hydroxylation is 1. The number of rotatable bonds is 7. The zero-order valence-electron chi connectivity index (χ0n) is 9.41. The largest absolute Gasteiger partial charge is 0.465 e. The molecule has 0 amide bonds. The van der Waals surface area contributed by atoms with Crippen molar-refractivity contribution in [2.75, 3.05) is 18.6 Å². The lowest BCUT2D eigenvalue weighted by Gasteiger charge is -2.01. The van der Waals surface area contributed by atoms with Gasteiger partial charge in [-0.05, 0) is 25.1 Å². The van der Waals surface area contributed by atoms with Crippen molar-refractivity contribution in [3.05, 3.63) is 23.7 Å². The third-order valence-corrected chi connectivity index (χ3v) is 3.01. The number of hydrogen-bond acceptors (Lipinski definition) is 3. The highest BCUT2D eigenvalue weighted by Crippen LogP contribution is 2.07. The molecule has 1 aromatic rings. The van der Waals surface area contributed by atoms with Crippen molar-refractivity contribution in [2.45, 2.75) is 26.3 Å². The van der Waals surface area contributed by atoms with Crippen LogP contribution >= 0.6 is 0 Å². The van der Waals surface area contributed by atoms with Crippen molar-refractivity contribution in [3.8, 4) is 0 Å². The van der Waals surface area contributed by atoms with Gasteiger partial charge in [0.15, 0.2) is 0 Å². The molecular formula is C11H19NO2S. The molecule has 0 radical (unpaired) electrons. The Morgan fingerprint density at radius 3 is 2.73 bits per heavy atom. The summed E-state index contributed by atoms with van der Waals surface area (Å²) in [6.07, 6.45) is 3.62. The lowest BCUT2D eigenvalue weighted by atomic mass is 10.3. The number of hydrogen-bond donors (Lipinski definition) is 1. The molecular weight excluding hydrogens is 210 g/mol. The molecule has 15 heavy (non-hydrogen) atoms. The summed E-state index contributed by atoms with van der Waals surface area (Å²) in [5, 5.41) is 3.27. The monoisotopic (exact) mass is 229 g/mol. The molecule has 3 nitrogen and oxygen atoms in total. The van der Waals surface area contributed by atoms with Crippen LogP contribution in [0.3, 0.4) is 0 Å². The second-order valence-electron chi connectivity index (χ2n) is 3.53. The van der Waals surface area contributed by atoms with Gasteiger partial charge in [0.2, 0.25) is 0 Å². The zero-order valence-corrected chi connectivity index (χ0v) is 10.2. The van der Waals surface area contributed by atoms with Crippen LogP contribution in [0.4, 0.5) is 0 Å². The third-order valence-electron chi connectivity index (χ3n) is 2.15. The molecule has 1 N–H and O–H groups in total. The number of nitrogens with one attached hydrogen (secondary N) is 1. The summed E-state index contributed by atoms with van der Waals surface area (Å²) >= 11 is 0. The van der Waals surface area contributed by atoms with Crippen LogP contribution in [0.15, 0.2) is 16.5 Å². The maximum absolute atomic E-state index is 10.8. The topological polar surface area (TPSA) is 42.2 Å². The molecule has 1 heterocycles. The Morgan fingerprint density at radius 2 is 2.13 bits per heavy atom. The first kappa shape index (κ1) is 12.5.